The van der Waals surface area contributed by atoms with Gasteiger partial charge in [0, 0.05) is 42.5 Å². The summed E-state index contributed by atoms with van der Waals surface area (Å²) < 4.78 is 27.7. The van der Waals surface area contributed by atoms with Crippen LogP contribution >= 0.6 is 11.3 Å². The van der Waals surface area contributed by atoms with Crippen LogP contribution in [0.25, 0.3) is 10.1 Å². The molecule has 3 heterocycles. The fourth-order valence-corrected chi connectivity index (χ4v) is 6.38. The Morgan fingerprint density at radius 3 is 2.62 bits per heavy atom. The zero-order valence-electron chi connectivity index (χ0n) is 14.8. The third-order valence-corrected chi connectivity index (χ3v) is 8.19. The minimum Gasteiger partial charge on any atom is -0.354 e. The summed E-state index contributed by atoms with van der Waals surface area (Å²) >= 11 is 1.32. The summed E-state index contributed by atoms with van der Waals surface area (Å²) in [6.07, 6.45) is 1.77. The zero-order chi connectivity index (χ0) is 18.3. The molecule has 0 bridgehead atoms. The molecule has 0 unspecified atom stereocenters. The highest BCUT2D eigenvalue weighted by molar-refractivity contribution is 7.93. The summed E-state index contributed by atoms with van der Waals surface area (Å²) in [6, 6.07) is 9.15. The van der Waals surface area contributed by atoms with Gasteiger partial charge in [-0.2, -0.15) is 0 Å². The van der Waals surface area contributed by atoms with Crippen molar-refractivity contribution < 1.29 is 8.42 Å². The highest BCUT2D eigenvalue weighted by Crippen LogP contribution is 2.37. The Bertz CT molecular complexity index is 1070. The number of piperazine rings is 1. The lowest BCUT2D eigenvalue weighted by atomic mass is 10.2. The first-order valence-corrected chi connectivity index (χ1v) is 10.9. The summed E-state index contributed by atoms with van der Waals surface area (Å²) in [6.45, 7) is 7.39. The second-order valence-corrected chi connectivity index (χ2v) is 9.85. The molecule has 4 rings (SSSR count). The Morgan fingerprint density at radius 2 is 1.88 bits per heavy atom. The Kier molecular flexibility index (Phi) is 4.46. The van der Waals surface area contributed by atoms with Crippen molar-refractivity contribution in [2.75, 3.05) is 31.1 Å². The molecular formula is C19H21N3O2S2. The first kappa shape index (κ1) is 17.5. The molecule has 1 aromatic carbocycles. The zero-order valence-corrected chi connectivity index (χ0v) is 16.5. The molecule has 136 valence electrons. The van der Waals surface area contributed by atoms with Crippen molar-refractivity contribution >= 4 is 37.1 Å². The first-order chi connectivity index (χ1) is 12.5. The third-order valence-electron chi connectivity index (χ3n) is 4.70. The van der Waals surface area contributed by atoms with E-state index in [0.717, 1.165) is 53.2 Å². The summed E-state index contributed by atoms with van der Waals surface area (Å²) in [7, 11) is -3.54. The number of nitrogens with zero attached hydrogens (tertiary/aromatic N) is 2. The van der Waals surface area contributed by atoms with Gasteiger partial charge in [0.25, 0.3) is 0 Å². The second-order valence-electron chi connectivity index (χ2n) is 6.62. The van der Waals surface area contributed by atoms with Crippen LogP contribution < -0.4 is 10.2 Å². The molecule has 5 nitrogen and oxygen atoms in total. The van der Waals surface area contributed by atoms with Gasteiger partial charge in [-0.3, -0.25) is 0 Å². The van der Waals surface area contributed by atoms with Crippen LogP contribution in [0.2, 0.25) is 0 Å². The maximum Gasteiger partial charge on any atom is 0.216 e. The molecule has 0 atom stereocenters. The number of pyridine rings is 1. The maximum atomic E-state index is 13.2. The topological polar surface area (TPSA) is 62.3 Å². The summed E-state index contributed by atoms with van der Waals surface area (Å²) in [5, 5.41) is 4.25. The summed E-state index contributed by atoms with van der Waals surface area (Å²) in [5.41, 5.74) is 1.84. The number of hydrogen-bond acceptors (Lipinski definition) is 6. The van der Waals surface area contributed by atoms with Gasteiger partial charge in [0.2, 0.25) is 9.84 Å². The quantitative estimate of drug-likeness (QED) is 0.748. The van der Waals surface area contributed by atoms with Crippen molar-refractivity contribution in [2.24, 2.45) is 0 Å². The third kappa shape index (κ3) is 3.00. The highest BCUT2D eigenvalue weighted by atomic mass is 32.2. The van der Waals surface area contributed by atoms with Crippen LogP contribution in [-0.2, 0) is 9.84 Å². The van der Waals surface area contributed by atoms with E-state index in [1.54, 1.807) is 18.3 Å². The van der Waals surface area contributed by atoms with Gasteiger partial charge >= 0.3 is 0 Å². The number of hydrogen-bond donors (Lipinski definition) is 1. The lowest BCUT2D eigenvalue weighted by molar-refractivity contribution is 0.586. The molecule has 1 aliphatic rings. The van der Waals surface area contributed by atoms with Crippen LogP contribution in [0.1, 0.15) is 11.1 Å². The smallest absolute Gasteiger partial charge is 0.216 e. The summed E-state index contributed by atoms with van der Waals surface area (Å²) in [5.74, 6) is 0.877. The fraction of sp³-hybridized carbons (Fsp3) is 0.316. The van der Waals surface area contributed by atoms with Crippen molar-refractivity contribution in [2.45, 2.75) is 23.0 Å². The van der Waals surface area contributed by atoms with Gasteiger partial charge in [0.05, 0.1) is 4.90 Å². The Morgan fingerprint density at radius 1 is 1.12 bits per heavy atom. The van der Waals surface area contributed by atoms with Gasteiger partial charge in [-0.25, -0.2) is 13.4 Å². The summed E-state index contributed by atoms with van der Waals surface area (Å²) in [4.78, 5) is 7.14. The molecule has 1 N–H and O–H groups in total. The maximum absolute atomic E-state index is 13.2. The van der Waals surface area contributed by atoms with Gasteiger partial charge in [-0.1, -0.05) is 17.7 Å². The van der Waals surface area contributed by atoms with Crippen molar-refractivity contribution in [3.8, 4) is 0 Å². The first-order valence-electron chi connectivity index (χ1n) is 8.63. The van der Waals surface area contributed by atoms with E-state index in [9.17, 15) is 8.42 Å². The van der Waals surface area contributed by atoms with Crippen molar-refractivity contribution in [3.05, 3.63) is 47.7 Å². The van der Waals surface area contributed by atoms with Gasteiger partial charge in [-0.15, -0.1) is 11.3 Å². The molecule has 2 aromatic heterocycles. The van der Waals surface area contributed by atoms with Crippen LogP contribution in [0.3, 0.4) is 0 Å². The van der Waals surface area contributed by atoms with Crippen LogP contribution in [0.5, 0.6) is 0 Å². The number of aromatic nitrogens is 1. The molecule has 0 saturated carbocycles. The molecule has 1 aliphatic heterocycles. The van der Waals surface area contributed by atoms with E-state index >= 15 is 0 Å². The number of thiophene rings is 1. The number of nitrogens with one attached hydrogen (secondary N) is 1. The normalized spacial score (nSPS) is 15.5. The molecule has 0 aliphatic carbocycles. The number of benzene rings is 1. The fourth-order valence-electron chi connectivity index (χ4n) is 3.40. The van der Waals surface area contributed by atoms with E-state index in [4.69, 9.17) is 0 Å². The van der Waals surface area contributed by atoms with Crippen LogP contribution in [0, 0.1) is 13.8 Å². The van der Waals surface area contributed by atoms with E-state index in [2.05, 4.69) is 15.2 Å². The van der Waals surface area contributed by atoms with E-state index in [1.165, 1.54) is 11.3 Å². The highest BCUT2D eigenvalue weighted by Gasteiger charge is 2.24. The van der Waals surface area contributed by atoms with Gasteiger partial charge in [-0.05, 0) is 37.6 Å². The van der Waals surface area contributed by atoms with Gasteiger partial charge in [0.1, 0.15) is 10.0 Å². The molecule has 0 spiro atoms. The van der Waals surface area contributed by atoms with Crippen molar-refractivity contribution in [1.82, 2.24) is 10.3 Å². The molecule has 1 saturated heterocycles. The number of anilines is 1. The predicted molar refractivity (Wildman–Crippen MR) is 106 cm³/mol. The van der Waals surface area contributed by atoms with Crippen LogP contribution in [0.4, 0.5) is 5.82 Å². The number of rotatable bonds is 3. The lowest BCUT2D eigenvalue weighted by Crippen LogP contribution is -2.43. The monoisotopic (exact) mass is 387 g/mol. The lowest BCUT2D eigenvalue weighted by Gasteiger charge is -2.28. The SMILES string of the molecule is Cc1ccc(S(=O)(=O)c2cc3c(N4CCNCC4)nccc3s2)c(C)c1. The minimum absolute atomic E-state index is 0.379. The Hall–Kier alpha value is -1.96. The second kappa shape index (κ2) is 6.64. The molecule has 7 heteroatoms. The minimum atomic E-state index is -3.54. The molecule has 0 radical (unpaired) electrons. The molecular weight excluding hydrogens is 366 g/mol. The number of sulfone groups is 1. The number of aryl methyl sites for hydroxylation is 2. The Balaban J connectivity index is 1.82. The molecule has 0 amide bonds. The van der Waals surface area contributed by atoms with E-state index in [0.29, 0.717) is 9.10 Å². The van der Waals surface area contributed by atoms with Gasteiger partial charge < -0.3 is 10.2 Å². The molecule has 26 heavy (non-hydrogen) atoms. The average molecular weight is 388 g/mol. The van der Waals surface area contributed by atoms with Crippen molar-refractivity contribution in [3.63, 3.8) is 0 Å². The average Bonchev–Trinajstić information content (AvgIpc) is 3.07. The Labute approximate surface area is 157 Å². The van der Waals surface area contributed by atoms with Crippen molar-refractivity contribution in [1.29, 1.82) is 0 Å². The van der Waals surface area contributed by atoms with Gasteiger partial charge in [0.15, 0.2) is 0 Å². The molecule has 3 aromatic rings. The van der Waals surface area contributed by atoms with Crippen LogP contribution in [0.15, 0.2) is 45.6 Å². The van der Waals surface area contributed by atoms with E-state index < -0.39 is 9.84 Å². The predicted octanol–water partition coefficient (Wildman–Crippen LogP) is 3.16. The number of fused-ring (bicyclic) bond motifs is 1. The van der Waals surface area contributed by atoms with E-state index in [1.807, 2.05) is 32.0 Å². The van der Waals surface area contributed by atoms with Crippen LogP contribution in [-0.4, -0.2) is 39.6 Å². The largest absolute Gasteiger partial charge is 0.354 e. The standard InChI is InChI=1S/C19H21N3O2S2/c1-13-3-4-17(14(2)11-13)26(23,24)18-12-15-16(25-18)5-6-21-19(15)22-9-7-20-8-10-22/h3-6,11-12,20H,7-10H2,1-2H3. The van der Waals surface area contributed by atoms with E-state index in [-0.39, 0.29) is 0 Å². The molecule has 1 fully saturated rings.